The van der Waals surface area contributed by atoms with Crippen molar-refractivity contribution in [2.24, 2.45) is 5.92 Å². The van der Waals surface area contributed by atoms with Crippen molar-refractivity contribution in [2.45, 2.75) is 38.8 Å². The van der Waals surface area contributed by atoms with Crippen LogP contribution >= 0.6 is 0 Å². The second-order valence-electron chi connectivity index (χ2n) is 5.66. The fraction of sp³-hybridized carbons (Fsp3) is 0.833. The summed E-state index contributed by atoms with van der Waals surface area (Å²) >= 11 is 0. The van der Waals surface area contributed by atoms with Gasteiger partial charge in [-0.2, -0.15) is 0 Å². The predicted octanol–water partition coefficient (Wildman–Crippen LogP) is 0.489. The van der Waals surface area contributed by atoms with Crippen LogP contribution in [-0.4, -0.2) is 53.7 Å². The highest BCUT2D eigenvalue weighted by Crippen LogP contribution is 2.15. The average Bonchev–Trinajstić information content (AvgIpc) is 2.21. The first-order valence-corrected chi connectivity index (χ1v) is 6.23. The number of carboxylic acids is 1. The van der Waals surface area contributed by atoms with Gasteiger partial charge in [-0.1, -0.05) is 6.92 Å². The van der Waals surface area contributed by atoms with E-state index in [1.807, 2.05) is 0 Å². The second kappa shape index (κ2) is 5.56. The van der Waals surface area contributed by atoms with Crippen LogP contribution in [0.25, 0.3) is 0 Å². The predicted molar refractivity (Wildman–Crippen MR) is 68.4 cm³/mol. The minimum atomic E-state index is -1.25. The number of aliphatic carboxylic acids is 1. The van der Waals surface area contributed by atoms with E-state index in [9.17, 15) is 9.59 Å². The number of hydrogen-bond acceptors (Lipinski definition) is 3. The number of nitrogens with one attached hydrogen (secondary N) is 2. The minimum absolute atomic E-state index is 0.103. The normalized spacial score (nSPS) is 25.6. The highest BCUT2D eigenvalue weighted by atomic mass is 16.4. The lowest BCUT2D eigenvalue weighted by Gasteiger charge is -2.35. The first kappa shape index (κ1) is 14.8. The van der Waals surface area contributed by atoms with E-state index in [0.717, 1.165) is 19.5 Å². The van der Waals surface area contributed by atoms with Crippen molar-refractivity contribution in [1.82, 2.24) is 15.5 Å². The monoisotopic (exact) mass is 257 g/mol. The minimum Gasteiger partial charge on any atom is -0.480 e. The lowest BCUT2D eigenvalue weighted by Crippen LogP contribution is -2.57. The molecule has 0 aromatic rings. The fourth-order valence-corrected chi connectivity index (χ4v) is 2.11. The highest BCUT2D eigenvalue weighted by Gasteiger charge is 2.31. The molecule has 0 radical (unpaired) electrons. The molecule has 1 aliphatic heterocycles. The SMILES string of the molecule is CC1CN(C)CCC1NC(=O)NC(C)(C)C(=O)O. The first-order valence-electron chi connectivity index (χ1n) is 6.23. The first-order chi connectivity index (χ1) is 8.22. The van der Waals surface area contributed by atoms with Gasteiger partial charge in [0, 0.05) is 12.6 Å². The Bertz CT molecular complexity index is 331. The topological polar surface area (TPSA) is 81.7 Å². The van der Waals surface area contributed by atoms with Gasteiger partial charge in [0.1, 0.15) is 5.54 Å². The second-order valence-corrected chi connectivity index (χ2v) is 5.66. The summed E-state index contributed by atoms with van der Waals surface area (Å²) in [5, 5.41) is 14.3. The van der Waals surface area contributed by atoms with Crippen LogP contribution in [0.1, 0.15) is 27.2 Å². The van der Waals surface area contributed by atoms with E-state index in [0.29, 0.717) is 5.92 Å². The molecule has 1 saturated heterocycles. The number of rotatable bonds is 3. The third-order valence-electron chi connectivity index (χ3n) is 3.39. The summed E-state index contributed by atoms with van der Waals surface area (Å²) in [7, 11) is 2.06. The molecule has 2 amide bonds. The van der Waals surface area contributed by atoms with Crippen molar-refractivity contribution in [3.05, 3.63) is 0 Å². The Morgan fingerprint density at radius 1 is 1.39 bits per heavy atom. The summed E-state index contributed by atoms with van der Waals surface area (Å²) in [5.41, 5.74) is -1.25. The van der Waals surface area contributed by atoms with Gasteiger partial charge in [0.25, 0.3) is 0 Å². The number of carbonyl (C=O) groups excluding carboxylic acids is 1. The van der Waals surface area contributed by atoms with Gasteiger partial charge in [0.2, 0.25) is 0 Å². The molecule has 1 fully saturated rings. The van der Waals surface area contributed by atoms with E-state index in [-0.39, 0.29) is 6.04 Å². The Labute approximate surface area is 108 Å². The molecule has 0 aliphatic carbocycles. The third-order valence-corrected chi connectivity index (χ3v) is 3.39. The maximum Gasteiger partial charge on any atom is 0.328 e. The van der Waals surface area contributed by atoms with E-state index < -0.39 is 17.5 Å². The Morgan fingerprint density at radius 3 is 2.50 bits per heavy atom. The van der Waals surface area contributed by atoms with Gasteiger partial charge in [-0.05, 0) is 39.8 Å². The molecule has 0 saturated carbocycles. The van der Waals surface area contributed by atoms with Crippen molar-refractivity contribution in [3.63, 3.8) is 0 Å². The smallest absolute Gasteiger partial charge is 0.328 e. The number of hydrogen-bond donors (Lipinski definition) is 3. The fourth-order valence-electron chi connectivity index (χ4n) is 2.11. The summed E-state index contributed by atoms with van der Waals surface area (Å²) in [6, 6.07) is -0.311. The van der Waals surface area contributed by atoms with Crippen molar-refractivity contribution in [3.8, 4) is 0 Å². The summed E-state index contributed by atoms with van der Waals surface area (Å²) in [5.74, 6) is -0.684. The molecule has 3 N–H and O–H groups in total. The zero-order valence-electron chi connectivity index (χ0n) is 11.5. The average molecular weight is 257 g/mol. The van der Waals surface area contributed by atoms with Crippen LogP contribution in [0.3, 0.4) is 0 Å². The van der Waals surface area contributed by atoms with E-state index in [2.05, 4.69) is 29.5 Å². The number of likely N-dealkylation sites (tertiary alicyclic amines) is 1. The molecule has 104 valence electrons. The van der Waals surface area contributed by atoms with Gasteiger partial charge < -0.3 is 20.6 Å². The van der Waals surface area contributed by atoms with E-state index >= 15 is 0 Å². The molecule has 1 aliphatic rings. The number of nitrogens with zero attached hydrogens (tertiary/aromatic N) is 1. The number of urea groups is 1. The van der Waals surface area contributed by atoms with Crippen LogP contribution in [-0.2, 0) is 4.79 Å². The molecule has 0 aromatic heterocycles. The zero-order valence-corrected chi connectivity index (χ0v) is 11.5. The lowest BCUT2D eigenvalue weighted by molar-refractivity contribution is -0.142. The summed E-state index contributed by atoms with van der Waals surface area (Å²) < 4.78 is 0. The third kappa shape index (κ3) is 3.87. The van der Waals surface area contributed by atoms with Gasteiger partial charge in [0.05, 0.1) is 0 Å². The van der Waals surface area contributed by atoms with Crippen LogP contribution in [0.4, 0.5) is 4.79 Å². The van der Waals surface area contributed by atoms with Gasteiger partial charge in [-0.25, -0.2) is 9.59 Å². The molecule has 1 rings (SSSR count). The Morgan fingerprint density at radius 2 is 2.00 bits per heavy atom. The van der Waals surface area contributed by atoms with E-state index in [1.54, 1.807) is 0 Å². The van der Waals surface area contributed by atoms with Crippen LogP contribution in [0.5, 0.6) is 0 Å². The van der Waals surface area contributed by atoms with Crippen LogP contribution < -0.4 is 10.6 Å². The Balaban J connectivity index is 2.48. The van der Waals surface area contributed by atoms with Crippen molar-refractivity contribution in [1.29, 1.82) is 0 Å². The van der Waals surface area contributed by atoms with E-state index in [4.69, 9.17) is 5.11 Å². The van der Waals surface area contributed by atoms with Crippen molar-refractivity contribution >= 4 is 12.0 Å². The molecule has 18 heavy (non-hydrogen) atoms. The Kier molecular flexibility index (Phi) is 4.56. The molecular formula is C12H23N3O3. The zero-order chi connectivity index (χ0) is 13.9. The number of piperidine rings is 1. The van der Waals surface area contributed by atoms with Crippen LogP contribution in [0.15, 0.2) is 0 Å². The number of amides is 2. The summed E-state index contributed by atoms with van der Waals surface area (Å²) in [6.45, 7) is 6.90. The number of carboxylic acid groups (broad SMARTS) is 1. The molecule has 6 nitrogen and oxygen atoms in total. The molecule has 2 atom stereocenters. The quantitative estimate of drug-likeness (QED) is 0.687. The maximum absolute atomic E-state index is 11.8. The lowest BCUT2D eigenvalue weighted by atomic mass is 9.94. The molecule has 0 spiro atoms. The largest absolute Gasteiger partial charge is 0.480 e. The van der Waals surface area contributed by atoms with Gasteiger partial charge in [0.15, 0.2) is 0 Å². The van der Waals surface area contributed by atoms with Crippen molar-refractivity contribution in [2.75, 3.05) is 20.1 Å². The van der Waals surface area contributed by atoms with Gasteiger partial charge >= 0.3 is 12.0 Å². The summed E-state index contributed by atoms with van der Waals surface area (Å²) in [4.78, 5) is 24.9. The standard InChI is InChI=1S/C12H23N3O3/c1-8-7-15(4)6-5-9(8)13-11(18)14-12(2,3)10(16)17/h8-9H,5-7H2,1-4H3,(H,16,17)(H2,13,14,18). The molecule has 0 aromatic carbocycles. The molecule has 6 heteroatoms. The van der Waals surface area contributed by atoms with E-state index in [1.165, 1.54) is 13.8 Å². The Hall–Kier alpha value is -1.30. The molecule has 2 unspecified atom stereocenters. The maximum atomic E-state index is 11.8. The van der Waals surface area contributed by atoms with Gasteiger partial charge in [-0.3, -0.25) is 0 Å². The van der Waals surface area contributed by atoms with Crippen LogP contribution in [0, 0.1) is 5.92 Å². The van der Waals surface area contributed by atoms with Crippen molar-refractivity contribution < 1.29 is 14.7 Å². The molecular weight excluding hydrogens is 234 g/mol. The molecule has 1 heterocycles. The van der Waals surface area contributed by atoms with Gasteiger partial charge in [-0.15, -0.1) is 0 Å². The van der Waals surface area contributed by atoms with Crippen LogP contribution in [0.2, 0.25) is 0 Å². The number of carbonyl (C=O) groups is 2. The molecule has 0 bridgehead atoms. The summed E-state index contributed by atoms with van der Waals surface area (Å²) in [6.07, 6.45) is 0.887. The highest BCUT2D eigenvalue weighted by molar-refractivity contribution is 5.85.